The minimum Gasteiger partial charge on any atom is -0.491 e. The summed E-state index contributed by atoms with van der Waals surface area (Å²) in [5.41, 5.74) is 0.550. The molecule has 0 aliphatic heterocycles. The third-order valence-corrected chi connectivity index (χ3v) is 3.85. The topological polar surface area (TPSA) is 96.2 Å². The summed E-state index contributed by atoms with van der Waals surface area (Å²) >= 11 is 0. The highest BCUT2D eigenvalue weighted by Gasteiger charge is 2.25. The van der Waals surface area contributed by atoms with Crippen LogP contribution in [0.1, 0.15) is 24.5 Å². The van der Waals surface area contributed by atoms with Crippen molar-refractivity contribution >= 4 is 5.97 Å². The van der Waals surface area contributed by atoms with Gasteiger partial charge >= 0.3 is 5.97 Å². The summed E-state index contributed by atoms with van der Waals surface area (Å²) in [4.78, 5) is 10.6. The molecule has 6 heteroatoms. The van der Waals surface area contributed by atoms with E-state index in [-0.39, 0.29) is 13.2 Å². The van der Waals surface area contributed by atoms with Gasteiger partial charge in [-0.2, -0.15) is 0 Å². The number of aliphatic hydroxyl groups excluding tert-OH is 2. The fourth-order valence-electron chi connectivity index (χ4n) is 2.61. The molecule has 2 rings (SSSR count). The van der Waals surface area contributed by atoms with E-state index in [4.69, 9.17) is 19.7 Å². The van der Waals surface area contributed by atoms with Gasteiger partial charge in [0.1, 0.15) is 30.3 Å². The van der Waals surface area contributed by atoms with Crippen molar-refractivity contribution in [2.75, 3.05) is 13.2 Å². The molecule has 27 heavy (non-hydrogen) atoms. The molecule has 2 atom stereocenters. The maximum absolute atomic E-state index is 10.9. The van der Waals surface area contributed by atoms with Crippen LogP contribution in [0.2, 0.25) is 0 Å². The molecule has 6 nitrogen and oxygen atoms in total. The first kappa shape index (κ1) is 20.5. The van der Waals surface area contributed by atoms with Crippen LogP contribution in [0.4, 0.5) is 0 Å². The summed E-state index contributed by atoms with van der Waals surface area (Å²) in [6.07, 6.45) is 1.85. The first-order chi connectivity index (χ1) is 13.1. The Morgan fingerprint density at radius 3 is 2.48 bits per heavy atom. The van der Waals surface area contributed by atoms with E-state index in [2.05, 4.69) is 0 Å². The molecule has 2 aromatic rings. The number of allylic oxidation sites excluding steroid dienone is 1. The largest absolute Gasteiger partial charge is 0.491 e. The zero-order chi connectivity index (χ0) is 19.5. The Balaban J connectivity index is 2.19. The van der Waals surface area contributed by atoms with Crippen LogP contribution >= 0.6 is 0 Å². The van der Waals surface area contributed by atoms with Crippen molar-refractivity contribution in [1.82, 2.24) is 0 Å². The summed E-state index contributed by atoms with van der Waals surface area (Å²) in [6, 6.07) is 16.2. The van der Waals surface area contributed by atoms with Crippen molar-refractivity contribution in [3.63, 3.8) is 0 Å². The van der Waals surface area contributed by atoms with Gasteiger partial charge in [-0.05, 0) is 31.0 Å². The first-order valence-corrected chi connectivity index (χ1v) is 8.73. The maximum Gasteiger partial charge on any atom is 0.327 e. The number of carbonyl (C=O) groups is 1. The Morgan fingerprint density at radius 2 is 1.78 bits per heavy atom. The lowest BCUT2D eigenvalue weighted by molar-refractivity contribution is -0.131. The molecular formula is C21H24O6. The van der Waals surface area contributed by atoms with E-state index in [1.165, 1.54) is 6.08 Å². The molecule has 0 unspecified atom stereocenters. The molecule has 0 saturated heterocycles. The van der Waals surface area contributed by atoms with Crippen LogP contribution in [-0.4, -0.2) is 40.6 Å². The van der Waals surface area contributed by atoms with E-state index >= 15 is 0 Å². The predicted octanol–water partition coefficient (Wildman–Crippen LogP) is 2.96. The molecule has 3 N–H and O–H groups in total. The van der Waals surface area contributed by atoms with Crippen molar-refractivity contribution < 1.29 is 29.6 Å². The molecule has 0 saturated carbocycles. The second-order valence-electron chi connectivity index (χ2n) is 5.84. The molecule has 0 aromatic heterocycles. The monoisotopic (exact) mass is 372 g/mol. The number of aliphatic hydroxyl groups is 2. The molecule has 144 valence electrons. The minimum atomic E-state index is -1.01. The Kier molecular flexibility index (Phi) is 8.35. The summed E-state index contributed by atoms with van der Waals surface area (Å²) in [6.45, 7) is -0.0103. The summed E-state index contributed by atoms with van der Waals surface area (Å²) in [7, 11) is 0. The van der Waals surface area contributed by atoms with Crippen molar-refractivity contribution in [3.8, 4) is 11.5 Å². The highest BCUT2D eigenvalue weighted by atomic mass is 16.5. The molecular weight excluding hydrogens is 348 g/mol. The van der Waals surface area contributed by atoms with Crippen LogP contribution in [0.15, 0.2) is 66.7 Å². The van der Waals surface area contributed by atoms with Crippen LogP contribution in [0.5, 0.6) is 11.5 Å². The molecule has 0 aliphatic rings. The number of para-hydroxylation sites is 2. The predicted molar refractivity (Wildman–Crippen MR) is 101 cm³/mol. The van der Waals surface area contributed by atoms with Crippen molar-refractivity contribution in [2.24, 2.45) is 0 Å². The van der Waals surface area contributed by atoms with Gasteiger partial charge in [-0.3, -0.25) is 0 Å². The van der Waals surface area contributed by atoms with Gasteiger partial charge in [0.2, 0.25) is 0 Å². The molecule has 0 heterocycles. The standard InChI is InChI=1S/C21H24O6/c22-14-15-26-18-11-5-4-10-17(18)21(25)19(12-6-7-13-20(23)24)27-16-8-2-1-3-9-16/h1-5,7-11,13,19,21-22,25H,6,12,14-15H2,(H,23,24)/b13-7+/t19-,21-/m0/s1. The average Bonchev–Trinajstić information content (AvgIpc) is 2.69. The Bertz CT molecular complexity index is 728. The minimum absolute atomic E-state index is 0.120. The second kappa shape index (κ2) is 11.0. The third-order valence-electron chi connectivity index (χ3n) is 3.85. The number of rotatable bonds is 11. The van der Waals surface area contributed by atoms with Crippen LogP contribution in [-0.2, 0) is 4.79 Å². The number of benzene rings is 2. The fourth-order valence-corrected chi connectivity index (χ4v) is 2.61. The molecule has 0 amide bonds. The van der Waals surface area contributed by atoms with Crippen molar-refractivity contribution in [3.05, 3.63) is 72.3 Å². The number of hydrogen-bond acceptors (Lipinski definition) is 5. The summed E-state index contributed by atoms with van der Waals surface area (Å²) in [5, 5.41) is 28.6. The third kappa shape index (κ3) is 6.77. The number of ether oxygens (including phenoxy) is 2. The number of hydrogen-bond donors (Lipinski definition) is 3. The van der Waals surface area contributed by atoms with Crippen molar-refractivity contribution in [1.29, 1.82) is 0 Å². The Hall–Kier alpha value is -2.83. The molecule has 0 bridgehead atoms. The van der Waals surface area contributed by atoms with E-state index < -0.39 is 18.2 Å². The fraction of sp³-hybridized carbons (Fsp3) is 0.286. The molecule has 0 fully saturated rings. The number of carboxylic acid groups (broad SMARTS) is 1. The van der Waals surface area contributed by atoms with Crippen LogP contribution < -0.4 is 9.47 Å². The van der Waals surface area contributed by atoms with Crippen LogP contribution in [0.25, 0.3) is 0 Å². The van der Waals surface area contributed by atoms with E-state index in [0.29, 0.717) is 29.9 Å². The van der Waals surface area contributed by atoms with E-state index in [1.807, 2.05) is 18.2 Å². The van der Waals surface area contributed by atoms with E-state index in [0.717, 1.165) is 6.08 Å². The lowest BCUT2D eigenvalue weighted by atomic mass is 9.99. The van der Waals surface area contributed by atoms with Gasteiger partial charge in [0, 0.05) is 11.6 Å². The summed E-state index contributed by atoms with van der Waals surface area (Å²) in [5.74, 6) is 0.0677. The van der Waals surface area contributed by atoms with Gasteiger partial charge in [0.25, 0.3) is 0 Å². The smallest absolute Gasteiger partial charge is 0.327 e. The van der Waals surface area contributed by atoms with E-state index in [1.54, 1.807) is 36.4 Å². The van der Waals surface area contributed by atoms with Gasteiger partial charge in [-0.1, -0.05) is 42.5 Å². The van der Waals surface area contributed by atoms with Crippen molar-refractivity contribution in [2.45, 2.75) is 25.0 Å². The van der Waals surface area contributed by atoms with E-state index in [9.17, 15) is 9.90 Å². The first-order valence-electron chi connectivity index (χ1n) is 8.73. The van der Waals surface area contributed by atoms with Gasteiger partial charge in [0.15, 0.2) is 0 Å². The zero-order valence-corrected chi connectivity index (χ0v) is 14.9. The van der Waals surface area contributed by atoms with Gasteiger partial charge in [0.05, 0.1) is 6.61 Å². The van der Waals surface area contributed by atoms with Gasteiger partial charge < -0.3 is 24.8 Å². The van der Waals surface area contributed by atoms with Gasteiger partial charge in [-0.15, -0.1) is 0 Å². The highest BCUT2D eigenvalue weighted by Crippen LogP contribution is 2.31. The molecule has 2 aromatic carbocycles. The number of aliphatic carboxylic acids is 1. The second-order valence-corrected chi connectivity index (χ2v) is 5.84. The zero-order valence-electron chi connectivity index (χ0n) is 14.9. The average molecular weight is 372 g/mol. The molecule has 0 spiro atoms. The number of carboxylic acids is 1. The Labute approximate surface area is 158 Å². The lowest BCUT2D eigenvalue weighted by Gasteiger charge is -2.25. The van der Waals surface area contributed by atoms with Crippen LogP contribution in [0.3, 0.4) is 0 Å². The van der Waals surface area contributed by atoms with Crippen LogP contribution in [0, 0.1) is 0 Å². The molecule has 0 aliphatic carbocycles. The highest BCUT2D eigenvalue weighted by molar-refractivity contribution is 5.79. The normalized spacial score (nSPS) is 13.3. The SMILES string of the molecule is O=C(O)/C=C/CC[C@H](Oc1ccccc1)[C@@H](O)c1ccccc1OCCO. The summed E-state index contributed by atoms with van der Waals surface area (Å²) < 4.78 is 11.5. The lowest BCUT2D eigenvalue weighted by Crippen LogP contribution is -2.26. The quantitative estimate of drug-likeness (QED) is 0.525. The Morgan fingerprint density at radius 1 is 1.07 bits per heavy atom. The van der Waals surface area contributed by atoms with Gasteiger partial charge in [-0.25, -0.2) is 4.79 Å². The maximum atomic E-state index is 10.9. The molecule has 0 radical (unpaired) electrons.